The van der Waals surface area contributed by atoms with Crippen LogP contribution in [0.5, 0.6) is 0 Å². The zero-order valence-corrected chi connectivity index (χ0v) is 20.4. The van der Waals surface area contributed by atoms with Crippen molar-refractivity contribution in [2.24, 2.45) is 0 Å². The smallest absolute Gasteiger partial charge is 0.379 e. The number of nitrogens with zero attached hydrogens (tertiary/aromatic N) is 2. The fourth-order valence-electron chi connectivity index (χ4n) is 4.72. The number of hydrogen-bond donors (Lipinski definition) is 1. The van der Waals surface area contributed by atoms with Crippen LogP contribution in [-0.2, 0) is 12.7 Å². The van der Waals surface area contributed by atoms with E-state index in [1.165, 1.54) is 22.9 Å². The van der Waals surface area contributed by atoms with Gasteiger partial charge in [0.15, 0.2) is 23.3 Å². The van der Waals surface area contributed by atoms with Crippen molar-refractivity contribution < 1.29 is 35.1 Å². The van der Waals surface area contributed by atoms with Crippen molar-refractivity contribution in [3.63, 3.8) is 0 Å². The molecule has 3 aromatic carbocycles. The van der Waals surface area contributed by atoms with E-state index in [-0.39, 0.29) is 6.04 Å². The fraction of sp³-hybridized carbons (Fsp3) is 0.179. The summed E-state index contributed by atoms with van der Waals surface area (Å²) in [7, 11) is 0. The zero-order chi connectivity index (χ0) is 28.2. The average molecular weight is 549 g/mol. The summed E-state index contributed by atoms with van der Waals surface area (Å²) in [6.07, 6.45) is -2.91. The Hall–Kier alpha value is -4.15. The highest BCUT2D eigenvalue weighted by molar-refractivity contribution is 6.09. The molecule has 0 fully saturated rings. The Morgan fingerprint density at radius 1 is 0.821 bits per heavy atom. The molecule has 1 atom stereocenters. The van der Waals surface area contributed by atoms with Crippen molar-refractivity contribution in [2.45, 2.75) is 32.6 Å². The molecule has 0 aliphatic heterocycles. The number of rotatable bonds is 5. The van der Waals surface area contributed by atoms with E-state index in [0.29, 0.717) is 38.8 Å². The number of anilines is 1. The molecule has 39 heavy (non-hydrogen) atoms. The predicted octanol–water partition coefficient (Wildman–Crippen LogP) is 8.43. The molecule has 1 unspecified atom stereocenters. The Kier molecular flexibility index (Phi) is 6.48. The van der Waals surface area contributed by atoms with Crippen molar-refractivity contribution in [3.8, 4) is 0 Å². The molecule has 0 aliphatic rings. The van der Waals surface area contributed by atoms with Gasteiger partial charge in [0.1, 0.15) is 0 Å². The van der Waals surface area contributed by atoms with E-state index in [1.807, 2.05) is 0 Å². The molecule has 202 valence electrons. The van der Waals surface area contributed by atoms with Crippen molar-refractivity contribution >= 4 is 27.5 Å². The van der Waals surface area contributed by atoms with E-state index in [2.05, 4.69) is 10.3 Å². The van der Waals surface area contributed by atoms with Crippen molar-refractivity contribution in [2.75, 3.05) is 5.32 Å². The van der Waals surface area contributed by atoms with Crippen LogP contribution < -0.4 is 5.32 Å². The standard InChI is InChI=1S/C28H19F8N3/c1-13(15-3-5-16(6-4-15)28(34,35)36)38-17-7-8-21-19(11-17)18-9-10-37-14(2)27(18)39(21)12-20-22(29)24(31)26(33)25(32)23(20)30/h3-11,13,38H,12H2,1-2H3. The van der Waals surface area contributed by atoms with E-state index in [1.54, 1.807) is 38.1 Å². The Labute approximate surface area is 216 Å². The molecule has 0 saturated carbocycles. The number of hydrogen-bond acceptors (Lipinski definition) is 2. The molecule has 0 aliphatic carbocycles. The third kappa shape index (κ3) is 4.55. The summed E-state index contributed by atoms with van der Waals surface area (Å²) < 4.78 is 111. The summed E-state index contributed by atoms with van der Waals surface area (Å²) in [6, 6.07) is 11.1. The molecule has 0 amide bonds. The fourth-order valence-corrected chi connectivity index (χ4v) is 4.72. The number of pyridine rings is 1. The molecular weight excluding hydrogens is 530 g/mol. The van der Waals surface area contributed by atoms with Gasteiger partial charge in [0.2, 0.25) is 5.82 Å². The second kappa shape index (κ2) is 9.55. The van der Waals surface area contributed by atoms with Crippen molar-refractivity contribution in [1.29, 1.82) is 0 Å². The molecule has 0 bridgehead atoms. The molecule has 3 nitrogen and oxygen atoms in total. The lowest BCUT2D eigenvalue weighted by atomic mass is 10.1. The number of benzene rings is 3. The summed E-state index contributed by atoms with van der Waals surface area (Å²) in [4.78, 5) is 4.22. The molecular formula is C28H19F8N3. The minimum Gasteiger partial charge on any atom is -0.379 e. The van der Waals surface area contributed by atoms with Gasteiger partial charge in [0, 0.05) is 39.8 Å². The molecule has 2 aromatic heterocycles. The topological polar surface area (TPSA) is 29.9 Å². The lowest BCUT2D eigenvalue weighted by Crippen LogP contribution is -2.11. The Morgan fingerprint density at radius 2 is 1.44 bits per heavy atom. The van der Waals surface area contributed by atoms with Gasteiger partial charge in [-0.3, -0.25) is 4.98 Å². The van der Waals surface area contributed by atoms with Crippen LogP contribution in [0.1, 0.15) is 35.3 Å². The largest absolute Gasteiger partial charge is 0.416 e. The van der Waals surface area contributed by atoms with Gasteiger partial charge in [-0.25, -0.2) is 22.0 Å². The van der Waals surface area contributed by atoms with Gasteiger partial charge in [-0.2, -0.15) is 13.2 Å². The molecule has 0 spiro atoms. The Bertz CT molecular complexity index is 1690. The van der Waals surface area contributed by atoms with Gasteiger partial charge in [-0.15, -0.1) is 0 Å². The average Bonchev–Trinajstić information content (AvgIpc) is 3.22. The number of fused-ring (bicyclic) bond motifs is 3. The predicted molar refractivity (Wildman–Crippen MR) is 131 cm³/mol. The normalized spacial score (nSPS) is 12.9. The number of nitrogens with one attached hydrogen (secondary N) is 1. The quantitative estimate of drug-likeness (QED) is 0.136. The second-order valence-electron chi connectivity index (χ2n) is 9.14. The first-order valence-corrected chi connectivity index (χ1v) is 11.7. The molecule has 1 N–H and O–H groups in total. The minimum atomic E-state index is -4.45. The molecule has 5 aromatic rings. The van der Waals surface area contributed by atoms with Gasteiger partial charge in [-0.1, -0.05) is 12.1 Å². The Balaban J connectivity index is 1.57. The highest BCUT2D eigenvalue weighted by Gasteiger charge is 2.30. The van der Waals surface area contributed by atoms with Gasteiger partial charge in [0.05, 0.1) is 23.3 Å². The monoisotopic (exact) mass is 549 g/mol. The first kappa shape index (κ1) is 26.5. The first-order chi connectivity index (χ1) is 18.4. The molecule has 0 saturated heterocycles. The lowest BCUT2D eigenvalue weighted by Gasteiger charge is -2.17. The van der Waals surface area contributed by atoms with Gasteiger partial charge >= 0.3 is 6.18 Å². The van der Waals surface area contributed by atoms with Crippen LogP contribution in [0.3, 0.4) is 0 Å². The summed E-state index contributed by atoms with van der Waals surface area (Å²) in [5, 5.41) is 4.47. The van der Waals surface area contributed by atoms with Crippen molar-refractivity contribution in [3.05, 3.63) is 106 Å². The van der Waals surface area contributed by atoms with E-state index in [9.17, 15) is 35.1 Å². The molecule has 11 heteroatoms. The van der Waals surface area contributed by atoms with Crippen LogP contribution in [0.25, 0.3) is 21.8 Å². The van der Waals surface area contributed by atoms with Crippen molar-refractivity contribution in [1.82, 2.24) is 9.55 Å². The summed E-state index contributed by atoms with van der Waals surface area (Å²) in [5.74, 6) is -10.1. The van der Waals surface area contributed by atoms with Crippen LogP contribution >= 0.6 is 0 Å². The summed E-state index contributed by atoms with van der Waals surface area (Å²) >= 11 is 0. The van der Waals surface area contributed by atoms with E-state index in [0.717, 1.165) is 12.1 Å². The summed E-state index contributed by atoms with van der Waals surface area (Å²) in [6.45, 7) is 2.78. The number of aromatic nitrogens is 2. The van der Waals surface area contributed by atoms with Crippen LogP contribution in [0.4, 0.5) is 40.8 Å². The van der Waals surface area contributed by atoms with E-state index >= 15 is 0 Å². The molecule has 5 rings (SSSR count). The molecule has 2 heterocycles. The third-order valence-electron chi connectivity index (χ3n) is 6.69. The number of alkyl halides is 3. The van der Waals surface area contributed by atoms with Gasteiger partial charge in [-0.05, 0) is 55.8 Å². The van der Waals surface area contributed by atoms with Crippen LogP contribution in [0.2, 0.25) is 0 Å². The van der Waals surface area contributed by atoms with Gasteiger partial charge < -0.3 is 9.88 Å². The van der Waals surface area contributed by atoms with E-state index < -0.39 is 52.9 Å². The minimum absolute atomic E-state index is 0.380. The van der Waals surface area contributed by atoms with Crippen LogP contribution in [0, 0.1) is 36.0 Å². The zero-order valence-electron chi connectivity index (χ0n) is 20.4. The number of halogens is 8. The third-order valence-corrected chi connectivity index (χ3v) is 6.69. The van der Waals surface area contributed by atoms with Crippen LogP contribution in [-0.4, -0.2) is 9.55 Å². The van der Waals surface area contributed by atoms with Crippen LogP contribution in [0.15, 0.2) is 54.7 Å². The number of aryl methyl sites for hydroxylation is 1. The highest BCUT2D eigenvalue weighted by Crippen LogP contribution is 2.35. The maximum Gasteiger partial charge on any atom is 0.416 e. The van der Waals surface area contributed by atoms with Gasteiger partial charge in [0.25, 0.3) is 0 Å². The van der Waals surface area contributed by atoms with E-state index in [4.69, 9.17) is 0 Å². The maximum absolute atomic E-state index is 14.5. The first-order valence-electron chi connectivity index (χ1n) is 11.7. The summed E-state index contributed by atoms with van der Waals surface area (Å²) in [5.41, 5.74) is 0.843. The Morgan fingerprint density at radius 3 is 2.05 bits per heavy atom. The SMILES string of the molecule is Cc1nccc2c3cc(NC(C)c4ccc(C(F)(F)F)cc4)ccc3n(Cc3c(F)c(F)c(F)c(F)c3F)c12. The highest BCUT2D eigenvalue weighted by atomic mass is 19.4. The second-order valence-corrected chi connectivity index (χ2v) is 9.14. The lowest BCUT2D eigenvalue weighted by molar-refractivity contribution is -0.137. The molecule has 0 radical (unpaired) electrons. The maximum atomic E-state index is 14.5.